The molecule has 1 N–H and O–H groups in total. The van der Waals surface area contributed by atoms with Crippen LogP contribution in [-0.2, 0) is 13.0 Å². The van der Waals surface area contributed by atoms with Gasteiger partial charge in [-0.2, -0.15) is 0 Å². The van der Waals surface area contributed by atoms with Gasteiger partial charge in [0, 0.05) is 25.8 Å². The van der Waals surface area contributed by atoms with Crippen LogP contribution in [0.2, 0.25) is 0 Å². The molecular weight excluding hydrogens is 258 g/mol. The van der Waals surface area contributed by atoms with Gasteiger partial charge in [0.05, 0.1) is 0 Å². The van der Waals surface area contributed by atoms with Gasteiger partial charge in [-0.1, -0.05) is 27.2 Å². The fraction of sp³-hybridized carbons (Fsp3) is 0.722. The molecule has 0 spiro atoms. The molecule has 1 aromatic rings. The summed E-state index contributed by atoms with van der Waals surface area (Å²) in [4.78, 5) is 7.18. The Morgan fingerprint density at radius 3 is 2.71 bits per heavy atom. The maximum Gasteiger partial charge on any atom is 0.128 e. The fourth-order valence-electron chi connectivity index (χ4n) is 2.60. The van der Waals surface area contributed by atoms with Gasteiger partial charge in [0.25, 0.3) is 0 Å². The van der Waals surface area contributed by atoms with Gasteiger partial charge in [-0.3, -0.25) is 0 Å². The monoisotopic (exact) mass is 289 g/mol. The number of nitrogens with zero attached hydrogens (tertiary/aromatic N) is 2. The van der Waals surface area contributed by atoms with E-state index in [2.05, 4.69) is 50.2 Å². The van der Waals surface area contributed by atoms with E-state index in [0.717, 1.165) is 44.2 Å². The van der Waals surface area contributed by atoms with Crippen LogP contribution in [0.25, 0.3) is 0 Å². The molecule has 0 amide bonds. The molecule has 1 aliphatic rings. The zero-order valence-corrected chi connectivity index (χ0v) is 14.2. The van der Waals surface area contributed by atoms with E-state index in [9.17, 15) is 0 Å². The summed E-state index contributed by atoms with van der Waals surface area (Å²) in [6.07, 6.45) is 5.01. The van der Waals surface area contributed by atoms with Crippen molar-refractivity contribution in [1.29, 1.82) is 0 Å². The van der Waals surface area contributed by atoms with Gasteiger partial charge in [0.2, 0.25) is 0 Å². The highest BCUT2D eigenvalue weighted by atomic mass is 15.2. The van der Waals surface area contributed by atoms with Gasteiger partial charge in [-0.25, -0.2) is 4.98 Å². The summed E-state index contributed by atoms with van der Waals surface area (Å²) in [7, 11) is 2.18. The highest BCUT2D eigenvalue weighted by Gasteiger charge is 2.23. The van der Waals surface area contributed by atoms with Crippen molar-refractivity contribution >= 4 is 5.82 Å². The van der Waals surface area contributed by atoms with Crippen LogP contribution in [-0.4, -0.2) is 25.1 Å². The molecular formula is C18H31N3. The summed E-state index contributed by atoms with van der Waals surface area (Å²) >= 11 is 0. The number of aromatic nitrogens is 1. The normalized spacial score (nSPS) is 14.7. The summed E-state index contributed by atoms with van der Waals surface area (Å²) in [6, 6.07) is 4.53. The van der Waals surface area contributed by atoms with Crippen molar-refractivity contribution in [3.8, 4) is 0 Å². The van der Waals surface area contributed by atoms with E-state index < -0.39 is 0 Å². The third-order valence-electron chi connectivity index (χ3n) is 3.93. The summed E-state index contributed by atoms with van der Waals surface area (Å²) in [6.45, 7) is 9.88. The van der Waals surface area contributed by atoms with Crippen LogP contribution in [0.3, 0.4) is 0 Å². The van der Waals surface area contributed by atoms with E-state index >= 15 is 0 Å². The minimum atomic E-state index is 0.693. The highest BCUT2D eigenvalue weighted by molar-refractivity contribution is 5.42. The van der Waals surface area contributed by atoms with Crippen LogP contribution in [0.1, 0.15) is 51.3 Å². The maximum absolute atomic E-state index is 4.85. The fourth-order valence-corrected chi connectivity index (χ4v) is 2.60. The predicted molar refractivity (Wildman–Crippen MR) is 90.8 cm³/mol. The molecule has 1 aromatic heterocycles. The zero-order valence-electron chi connectivity index (χ0n) is 14.2. The SMILES string of the molecule is CCCc1cc(CNCC(C)C)cc(N(C)CC2CC2)n1. The maximum atomic E-state index is 4.85. The number of nitrogens with one attached hydrogen (secondary N) is 1. The standard InChI is InChI=1S/C18H31N3/c1-5-6-17-9-16(12-19-11-14(2)3)10-18(20-17)21(4)13-15-7-8-15/h9-10,14-15,19H,5-8,11-13H2,1-4H3. The van der Waals surface area contributed by atoms with Crippen molar-refractivity contribution in [2.45, 2.75) is 53.0 Å². The molecule has 2 rings (SSSR count). The Labute approximate surface area is 130 Å². The molecule has 1 heterocycles. The first-order valence-electron chi connectivity index (χ1n) is 8.50. The first kappa shape index (κ1) is 16.3. The zero-order chi connectivity index (χ0) is 15.2. The summed E-state index contributed by atoms with van der Waals surface area (Å²) in [5.41, 5.74) is 2.60. The van der Waals surface area contributed by atoms with Crippen LogP contribution in [0.15, 0.2) is 12.1 Å². The molecule has 118 valence electrons. The van der Waals surface area contributed by atoms with E-state index in [1.165, 1.54) is 24.1 Å². The number of aryl methyl sites for hydroxylation is 1. The Bertz CT molecular complexity index is 438. The molecule has 3 heteroatoms. The minimum Gasteiger partial charge on any atom is -0.359 e. The van der Waals surface area contributed by atoms with Gasteiger partial charge < -0.3 is 10.2 Å². The number of hydrogen-bond acceptors (Lipinski definition) is 3. The Morgan fingerprint density at radius 1 is 1.33 bits per heavy atom. The smallest absolute Gasteiger partial charge is 0.128 e. The van der Waals surface area contributed by atoms with Crippen molar-refractivity contribution in [1.82, 2.24) is 10.3 Å². The van der Waals surface area contributed by atoms with Gasteiger partial charge in [0.15, 0.2) is 0 Å². The average Bonchev–Trinajstić information content (AvgIpc) is 3.22. The van der Waals surface area contributed by atoms with Crippen molar-refractivity contribution in [3.63, 3.8) is 0 Å². The third kappa shape index (κ3) is 5.66. The first-order valence-corrected chi connectivity index (χ1v) is 8.50. The molecule has 0 saturated heterocycles. The molecule has 1 aliphatic carbocycles. The molecule has 0 aliphatic heterocycles. The molecule has 0 bridgehead atoms. The first-order chi connectivity index (χ1) is 10.1. The second-order valence-electron chi connectivity index (χ2n) is 6.92. The van der Waals surface area contributed by atoms with Crippen molar-refractivity contribution in [3.05, 3.63) is 23.4 Å². The average molecular weight is 289 g/mol. The minimum absolute atomic E-state index is 0.693. The Balaban J connectivity index is 2.04. The number of rotatable bonds is 9. The van der Waals surface area contributed by atoms with Gasteiger partial charge in [-0.15, -0.1) is 0 Å². The topological polar surface area (TPSA) is 28.2 Å². The summed E-state index contributed by atoms with van der Waals surface area (Å²) < 4.78 is 0. The largest absolute Gasteiger partial charge is 0.359 e. The van der Waals surface area contributed by atoms with E-state index in [-0.39, 0.29) is 0 Å². The van der Waals surface area contributed by atoms with E-state index in [1.807, 2.05) is 0 Å². The molecule has 21 heavy (non-hydrogen) atoms. The van der Waals surface area contributed by atoms with Crippen LogP contribution in [0, 0.1) is 11.8 Å². The molecule has 3 nitrogen and oxygen atoms in total. The van der Waals surface area contributed by atoms with E-state index in [4.69, 9.17) is 4.98 Å². The number of anilines is 1. The Kier molecular flexibility index (Phi) is 6.04. The Morgan fingerprint density at radius 2 is 2.10 bits per heavy atom. The highest BCUT2D eigenvalue weighted by Crippen LogP contribution is 2.30. The van der Waals surface area contributed by atoms with E-state index in [1.54, 1.807) is 0 Å². The lowest BCUT2D eigenvalue weighted by Crippen LogP contribution is -2.23. The lowest BCUT2D eigenvalue weighted by Gasteiger charge is -2.20. The van der Waals surface area contributed by atoms with Crippen LogP contribution >= 0.6 is 0 Å². The Hall–Kier alpha value is -1.09. The third-order valence-corrected chi connectivity index (χ3v) is 3.93. The van der Waals surface area contributed by atoms with Gasteiger partial charge in [-0.05, 0) is 55.3 Å². The lowest BCUT2D eigenvalue weighted by atomic mass is 10.1. The summed E-state index contributed by atoms with van der Waals surface area (Å²) in [5, 5.41) is 3.54. The molecule has 0 unspecified atom stereocenters. The molecule has 0 atom stereocenters. The second kappa shape index (κ2) is 7.79. The molecule has 0 radical (unpaired) electrons. The second-order valence-corrected chi connectivity index (χ2v) is 6.92. The van der Waals surface area contributed by atoms with Gasteiger partial charge >= 0.3 is 0 Å². The van der Waals surface area contributed by atoms with Gasteiger partial charge in [0.1, 0.15) is 5.82 Å². The van der Waals surface area contributed by atoms with Crippen LogP contribution in [0.4, 0.5) is 5.82 Å². The molecule has 0 aromatic carbocycles. The predicted octanol–water partition coefficient (Wildman–Crippen LogP) is 3.63. The lowest BCUT2D eigenvalue weighted by molar-refractivity contribution is 0.552. The van der Waals surface area contributed by atoms with Crippen molar-refractivity contribution in [2.75, 3.05) is 25.0 Å². The van der Waals surface area contributed by atoms with E-state index in [0.29, 0.717) is 5.92 Å². The van der Waals surface area contributed by atoms with Crippen molar-refractivity contribution < 1.29 is 0 Å². The van der Waals surface area contributed by atoms with Crippen molar-refractivity contribution in [2.24, 2.45) is 11.8 Å². The molecule has 1 saturated carbocycles. The number of hydrogen-bond donors (Lipinski definition) is 1. The molecule has 1 fully saturated rings. The quantitative estimate of drug-likeness (QED) is 0.752. The number of pyridine rings is 1. The van der Waals surface area contributed by atoms with Crippen LogP contribution in [0.5, 0.6) is 0 Å². The summed E-state index contributed by atoms with van der Waals surface area (Å²) in [5.74, 6) is 2.74. The van der Waals surface area contributed by atoms with Crippen LogP contribution < -0.4 is 10.2 Å².